The number of rotatable bonds is 5. The zero-order valence-corrected chi connectivity index (χ0v) is 10.8. The summed E-state index contributed by atoms with van der Waals surface area (Å²) < 4.78 is 2.02. The molecular formula is C12H16N2O2S. The second kappa shape index (κ2) is 4.87. The molecule has 17 heavy (non-hydrogen) atoms. The lowest BCUT2D eigenvalue weighted by atomic mass is 10.1. The van der Waals surface area contributed by atoms with Crippen molar-refractivity contribution in [2.24, 2.45) is 0 Å². The van der Waals surface area contributed by atoms with Gasteiger partial charge in [0.1, 0.15) is 0 Å². The Labute approximate surface area is 104 Å². The molecule has 2 heterocycles. The SMILES string of the molecule is CCC(C)c1cn2c(CCC(=O)O)csc2n1. The maximum atomic E-state index is 10.6. The Bertz CT molecular complexity index is 530. The van der Waals surface area contributed by atoms with Gasteiger partial charge < -0.3 is 5.11 Å². The van der Waals surface area contributed by atoms with Crippen LogP contribution in [0.15, 0.2) is 11.6 Å². The molecule has 0 aromatic carbocycles. The summed E-state index contributed by atoms with van der Waals surface area (Å²) >= 11 is 1.57. The van der Waals surface area contributed by atoms with Gasteiger partial charge in [-0.05, 0) is 18.8 Å². The summed E-state index contributed by atoms with van der Waals surface area (Å²) in [5.74, 6) is -0.305. The quantitative estimate of drug-likeness (QED) is 0.890. The van der Waals surface area contributed by atoms with Crippen molar-refractivity contribution in [2.75, 3.05) is 0 Å². The number of hydrogen-bond acceptors (Lipinski definition) is 3. The van der Waals surface area contributed by atoms with Crippen LogP contribution in [0.5, 0.6) is 0 Å². The van der Waals surface area contributed by atoms with Crippen LogP contribution in [0.3, 0.4) is 0 Å². The first kappa shape index (κ1) is 12.1. The van der Waals surface area contributed by atoms with Crippen molar-refractivity contribution in [3.63, 3.8) is 0 Å². The summed E-state index contributed by atoms with van der Waals surface area (Å²) in [5, 5.41) is 10.7. The maximum Gasteiger partial charge on any atom is 0.303 e. The minimum Gasteiger partial charge on any atom is -0.481 e. The van der Waals surface area contributed by atoms with Crippen LogP contribution in [0.4, 0.5) is 0 Å². The van der Waals surface area contributed by atoms with Crippen molar-refractivity contribution >= 4 is 22.3 Å². The van der Waals surface area contributed by atoms with E-state index in [2.05, 4.69) is 18.8 Å². The highest BCUT2D eigenvalue weighted by Crippen LogP contribution is 2.23. The fourth-order valence-electron chi connectivity index (χ4n) is 1.71. The van der Waals surface area contributed by atoms with Gasteiger partial charge in [0.05, 0.1) is 12.1 Å². The molecule has 2 rings (SSSR count). The Morgan fingerprint density at radius 1 is 1.65 bits per heavy atom. The lowest BCUT2D eigenvalue weighted by molar-refractivity contribution is -0.136. The molecule has 0 fully saturated rings. The Morgan fingerprint density at radius 2 is 2.41 bits per heavy atom. The Morgan fingerprint density at radius 3 is 3.06 bits per heavy atom. The first-order valence-electron chi connectivity index (χ1n) is 5.79. The number of thiazole rings is 1. The fraction of sp³-hybridized carbons (Fsp3) is 0.500. The van der Waals surface area contributed by atoms with E-state index in [1.54, 1.807) is 11.3 Å². The summed E-state index contributed by atoms with van der Waals surface area (Å²) in [4.78, 5) is 16.1. The predicted molar refractivity (Wildman–Crippen MR) is 67.7 cm³/mol. The van der Waals surface area contributed by atoms with E-state index >= 15 is 0 Å². The molecule has 0 aliphatic carbocycles. The van der Waals surface area contributed by atoms with E-state index in [0.717, 1.165) is 22.8 Å². The second-order valence-electron chi connectivity index (χ2n) is 4.25. The first-order valence-corrected chi connectivity index (χ1v) is 6.67. The number of carboxylic acid groups (broad SMARTS) is 1. The molecule has 2 aromatic rings. The van der Waals surface area contributed by atoms with E-state index in [-0.39, 0.29) is 6.42 Å². The summed E-state index contributed by atoms with van der Waals surface area (Å²) in [5.41, 5.74) is 2.13. The average molecular weight is 252 g/mol. The first-order chi connectivity index (χ1) is 8.11. The third kappa shape index (κ3) is 2.49. The number of nitrogens with zero attached hydrogens (tertiary/aromatic N) is 2. The molecule has 1 unspecified atom stereocenters. The number of hydrogen-bond donors (Lipinski definition) is 1. The van der Waals surface area contributed by atoms with Gasteiger partial charge in [-0.25, -0.2) is 4.98 Å². The molecule has 0 saturated carbocycles. The smallest absolute Gasteiger partial charge is 0.303 e. The Balaban J connectivity index is 2.26. The molecule has 1 atom stereocenters. The average Bonchev–Trinajstić information content (AvgIpc) is 2.85. The van der Waals surface area contributed by atoms with Gasteiger partial charge >= 0.3 is 5.97 Å². The van der Waals surface area contributed by atoms with Crippen molar-refractivity contribution in [2.45, 2.75) is 39.0 Å². The number of aromatic nitrogens is 2. The van der Waals surface area contributed by atoms with Crippen LogP contribution in [0.1, 0.15) is 44.0 Å². The van der Waals surface area contributed by atoms with Crippen LogP contribution >= 0.6 is 11.3 Å². The highest BCUT2D eigenvalue weighted by atomic mass is 32.1. The van der Waals surface area contributed by atoms with E-state index in [4.69, 9.17) is 5.11 Å². The molecule has 0 spiro atoms. The molecule has 0 aliphatic heterocycles. The van der Waals surface area contributed by atoms with Gasteiger partial charge in [0.15, 0.2) is 4.96 Å². The number of carbonyl (C=O) groups is 1. The highest BCUT2D eigenvalue weighted by Gasteiger charge is 2.12. The van der Waals surface area contributed by atoms with Crippen molar-refractivity contribution < 1.29 is 9.90 Å². The van der Waals surface area contributed by atoms with E-state index < -0.39 is 5.97 Å². The lowest BCUT2D eigenvalue weighted by Gasteiger charge is -2.02. The Hall–Kier alpha value is -1.36. The molecule has 92 valence electrons. The predicted octanol–water partition coefficient (Wildman–Crippen LogP) is 2.93. The van der Waals surface area contributed by atoms with Crippen LogP contribution in [-0.2, 0) is 11.2 Å². The van der Waals surface area contributed by atoms with E-state index in [0.29, 0.717) is 12.3 Å². The van der Waals surface area contributed by atoms with Gasteiger partial charge in [-0.3, -0.25) is 9.20 Å². The second-order valence-corrected chi connectivity index (χ2v) is 5.08. The summed E-state index contributed by atoms with van der Waals surface area (Å²) in [7, 11) is 0. The third-order valence-corrected chi connectivity index (χ3v) is 3.90. The summed E-state index contributed by atoms with van der Waals surface area (Å²) in [6.07, 6.45) is 3.83. The van der Waals surface area contributed by atoms with Crippen LogP contribution in [0.2, 0.25) is 0 Å². The topological polar surface area (TPSA) is 54.6 Å². The van der Waals surface area contributed by atoms with Gasteiger partial charge in [0, 0.05) is 17.3 Å². The maximum absolute atomic E-state index is 10.6. The van der Waals surface area contributed by atoms with Crippen molar-refractivity contribution in [3.8, 4) is 0 Å². The van der Waals surface area contributed by atoms with Crippen molar-refractivity contribution in [1.29, 1.82) is 0 Å². The number of aliphatic carboxylic acids is 1. The fourth-order valence-corrected chi connectivity index (χ4v) is 2.62. The molecule has 5 heteroatoms. The van der Waals surface area contributed by atoms with Crippen LogP contribution in [-0.4, -0.2) is 20.5 Å². The zero-order valence-electron chi connectivity index (χ0n) is 10.0. The lowest BCUT2D eigenvalue weighted by Crippen LogP contribution is -1.99. The summed E-state index contributed by atoms with van der Waals surface area (Å²) in [6, 6.07) is 0. The standard InChI is InChI=1S/C12H16N2O2S/c1-3-8(2)10-6-14-9(4-5-11(15)16)7-17-12(14)13-10/h6-8H,3-5H2,1-2H3,(H,15,16). The molecule has 4 nitrogen and oxygen atoms in total. The number of aryl methyl sites for hydroxylation is 1. The van der Waals surface area contributed by atoms with Gasteiger partial charge in [-0.1, -0.05) is 13.8 Å². The molecular weight excluding hydrogens is 236 g/mol. The number of carboxylic acids is 1. The minimum absolute atomic E-state index is 0.169. The number of fused-ring (bicyclic) bond motifs is 1. The monoisotopic (exact) mass is 252 g/mol. The van der Waals surface area contributed by atoms with E-state index in [9.17, 15) is 4.79 Å². The molecule has 2 aromatic heterocycles. The highest BCUT2D eigenvalue weighted by molar-refractivity contribution is 7.15. The van der Waals surface area contributed by atoms with Crippen molar-refractivity contribution in [1.82, 2.24) is 9.38 Å². The zero-order chi connectivity index (χ0) is 12.4. The normalized spacial score (nSPS) is 13.1. The molecule has 0 aliphatic rings. The largest absolute Gasteiger partial charge is 0.481 e. The molecule has 0 saturated heterocycles. The molecule has 0 bridgehead atoms. The number of imidazole rings is 1. The minimum atomic E-state index is -0.758. The molecule has 0 radical (unpaired) electrons. The molecule has 1 N–H and O–H groups in total. The Kier molecular flexibility index (Phi) is 3.47. The van der Waals surface area contributed by atoms with Gasteiger partial charge in [-0.15, -0.1) is 11.3 Å². The molecule has 0 amide bonds. The van der Waals surface area contributed by atoms with Crippen LogP contribution in [0.25, 0.3) is 4.96 Å². The van der Waals surface area contributed by atoms with Gasteiger partial charge in [-0.2, -0.15) is 0 Å². The van der Waals surface area contributed by atoms with Gasteiger partial charge in [0.2, 0.25) is 0 Å². The summed E-state index contributed by atoms with van der Waals surface area (Å²) in [6.45, 7) is 4.30. The van der Waals surface area contributed by atoms with E-state index in [1.807, 2.05) is 16.0 Å². The van der Waals surface area contributed by atoms with E-state index in [1.165, 1.54) is 0 Å². The van der Waals surface area contributed by atoms with Crippen LogP contribution < -0.4 is 0 Å². The van der Waals surface area contributed by atoms with Gasteiger partial charge in [0.25, 0.3) is 0 Å². The van der Waals surface area contributed by atoms with Crippen molar-refractivity contribution in [3.05, 3.63) is 23.0 Å². The van der Waals surface area contributed by atoms with Crippen LogP contribution in [0, 0.1) is 0 Å². The third-order valence-electron chi connectivity index (χ3n) is 3.01.